The van der Waals surface area contributed by atoms with Crippen LogP contribution in [-0.2, 0) is 13.0 Å². The molecule has 0 N–H and O–H groups in total. The molecule has 2 rings (SSSR count). The number of benzene rings is 1. The fourth-order valence-corrected chi connectivity index (χ4v) is 2.26. The van der Waals surface area contributed by atoms with Crippen LogP contribution in [0.5, 0.6) is 0 Å². The summed E-state index contributed by atoms with van der Waals surface area (Å²) in [5.41, 5.74) is 3.46. The van der Waals surface area contributed by atoms with E-state index in [4.69, 9.17) is 0 Å². The topological polar surface area (TPSA) is 17.8 Å². The van der Waals surface area contributed by atoms with Crippen LogP contribution in [-0.4, -0.2) is 9.55 Å². The monoisotopic (exact) mass is 282 g/mol. The van der Waals surface area contributed by atoms with Crippen LogP contribution < -0.4 is 0 Å². The van der Waals surface area contributed by atoms with Gasteiger partial charge in [-0.05, 0) is 38.0 Å². The highest BCUT2D eigenvalue weighted by Crippen LogP contribution is 2.16. The average molecular weight is 282 g/mol. The number of hydrogen-bond acceptors (Lipinski definition) is 1. The summed E-state index contributed by atoms with van der Waals surface area (Å²) in [5.74, 6) is 1.04. The van der Waals surface area contributed by atoms with Gasteiger partial charge in [0, 0.05) is 6.54 Å². The van der Waals surface area contributed by atoms with Crippen molar-refractivity contribution in [2.45, 2.75) is 40.7 Å². The van der Waals surface area contributed by atoms with Crippen molar-refractivity contribution in [3.05, 3.63) is 65.8 Å². The summed E-state index contributed by atoms with van der Waals surface area (Å²) in [5, 5.41) is 0. The predicted octanol–water partition coefficient (Wildman–Crippen LogP) is 5.14. The largest absolute Gasteiger partial charge is 0.328 e. The van der Waals surface area contributed by atoms with Gasteiger partial charge in [-0.15, -0.1) is 0 Å². The third-order valence-electron chi connectivity index (χ3n) is 3.21. The van der Waals surface area contributed by atoms with Gasteiger partial charge in [-0.1, -0.05) is 56.8 Å². The second-order valence-electron chi connectivity index (χ2n) is 4.52. The summed E-state index contributed by atoms with van der Waals surface area (Å²) < 4.78 is 2.25. The van der Waals surface area contributed by atoms with Gasteiger partial charge in [0.05, 0.1) is 11.4 Å². The zero-order chi connectivity index (χ0) is 15.7. The van der Waals surface area contributed by atoms with Gasteiger partial charge in [0.15, 0.2) is 0 Å². The van der Waals surface area contributed by atoms with E-state index in [0.29, 0.717) is 0 Å². The molecule has 112 valence electrons. The van der Waals surface area contributed by atoms with Crippen LogP contribution in [0.1, 0.15) is 43.5 Å². The number of aryl methyl sites for hydroxylation is 2. The zero-order valence-electron chi connectivity index (χ0n) is 13.6. The molecule has 2 aromatic rings. The fraction of sp³-hybridized carbons (Fsp3) is 0.316. The first-order valence-corrected chi connectivity index (χ1v) is 7.62. The first-order valence-electron chi connectivity index (χ1n) is 7.62. The number of aromatic nitrogens is 2. The van der Waals surface area contributed by atoms with E-state index in [1.165, 1.54) is 5.56 Å². The Hall–Kier alpha value is -2.09. The summed E-state index contributed by atoms with van der Waals surface area (Å²) in [6, 6.07) is 10.5. The molecule has 0 atom stereocenters. The van der Waals surface area contributed by atoms with Gasteiger partial charge in [-0.2, -0.15) is 0 Å². The third-order valence-corrected chi connectivity index (χ3v) is 3.21. The highest BCUT2D eigenvalue weighted by atomic mass is 15.1. The van der Waals surface area contributed by atoms with E-state index >= 15 is 0 Å². The Balaban J connectivity index is 0.00000106. The lowest BCUT2D eigenvalue weighted by atomic mass is 10.1. The summed E-state index contributed by atoms with van der Waals surface area (Å²) in [6.07, 6.45) is 6.98. The molecule has 1 aromatic heterocycles. The Morgan fingerprint density at radius 3 is 2.43 bits per heavy atom. The molecule has 0 aliphatic carbocycles. The van der Waals surface area contributed by atoms with Crippen molar-refractivity contribution in [1.82, 2.24) is 9.55 Å². The zero-order valence-corrected chi connectivity index (χ0v) is 13.6. The summed E-state index contributed by atoms with van der Waals surface area (Å²) in [7, 11) is 0. The molecule has 21 heavy (non-hydrogen) atoms. The predicted molar refractivity (Wildman–Crippen MR) is 93.3 cm³/mol. The number of nitrogens with zero attached hydrogens (tertiary/aromatic N) is 2. The van der Waals surface area contributed by atoms with Gasteiger partial charge >= 0.3 is 0 Å². The van der Waals surface area contributed by atoms with Crippen LogP contribution in [0.4, 0.5) is 0 Å². The Morgan fingerprint density at radius 2 is 1.86 bits per heavy atom. The molecule has 0 saturated carbocycles. The molecule has 0 unspecified atom stereocenters. The van der Waals surface area contributed by atoms with Crippen LogP contribution in [0, 0.1) is 6.92 Å². The Morgan fingerprint density at radius 1 is 1.19 bits per heavy atom. The number of allylic oxidation sites excluding steroid dienone is 1. The second-order valence-corrected chi connectivity index (χ2v) is 4.52. The smallest absolute Gasteiger partial charge is 0.106 e. The molecule has 2 nitrogen and oxygen atoms in total. The van der Waals surface area contributed by atoms with Crippen molar-refractivity contribution in [3.8, 4) is 0 Å². The van der Waals surface area contributed by atoms with Crippen molar-refractivity contribution in [1.29, 1.82) is 0 Å². The Kier molecular flexibility index (Phi) is 7.24. The summed E-state index contributed by atoms with van der Waals surface area (Å²) in [6.45, 7) is 12.8. The lowest BCUT2D eigenvalue weighted by Gasteiger charge is -2.08. The van der Waals surface area contributed by atoms with Crippen LogP contribution in [0.25, 0.3) is 12.2 Å². The molecule has 0 radical (unpaired) electrons. The highest BCUT2D eigenvalue weighted by Gasteiger charge is 2.09. The minimum Gasteiger partial charge on any atom is -0.328 e. The van der Waals surface area contributed by atoms with Gasteiger partial charge in [0.1, 0.15) is 5.82 Å². The summed E-state index contributed by atoms with van der Waals surface area (Å²) >= 11 is 0. The van der Waals surface area contributed by atoms with Crippen LogP contribution in [0.3, 0.4) is 0 Å². The minimum atomic E-state index is 0.941. The molecular weight excluding hydrogens is 256 g/mol. The standard InChI is InChI=1S/C17H20N2.C2H6/c1-4-9-17-16(5-2)18-14(3)19(17)13-12-15-10-7-6-8-11-15;1-2/h4-11H,2,12-13H2,1,3H3;1-2H3/b9-4-;. The molecule has 0 amide bonds. The SMILES string of the molecule is C=Cc1nc(C)n(CCc2ccccc2)c1/C=C\C.CC. The van der Waals surface area contributed by atoms with Crippen molar-refractivity contribution in [3.63, 3.8) is 0 Å². The quantitative estimate of drug-likeness (QED) is 0.742. The molecule has 0 spiro atoms. The fourth-order valence-electron chi connectivity index (χ4n) is 2.26. The van der Waals surface area contributed by atoms with E-state index in [2.05, 4.69) is 46.5 Å². The van der Waals surface area contributed by atoms with E-state index < -0.39 is 0 Å². The Labute approximate surface area is 128 Å². The first kappa shape index (κ1) is 17.0. The molecule has 0 aliphatic heterocycles. The van der Waals surface area contributed by atoms with Crippen LogP contribution in [0.15, 0.2) is 43.0 Å². The van der Waals surface area contributed by atoms with Crippen molar-refractivity contribution in [2.24, 2.45) is 0 Å². The summed E-state index contributed by atoms with van der Waals surface area (Å²) in [4.78, 5) is 4.55. The van der Waals surface area contributed by atoms with Crippen molar-refractivity contribution >= 4 is 12.2 Å². The minimum absolute atomic E-state index is 0.941. The van der Waals surface area contributed by atoms with Crippen LogP contribution in [0.2, 0.25) is 0 Å². The molecule has 1 aromatic carbocycles. The molecule has 0 aliphatic rings. The molecule has 0 fully saturated rings. The maximum Gasteiger partial charge on any atom is 0.106 e. The Bertz CT molecular complexity index is 577. The number of imidazole rings is 1. The van der Waals surface area contributed by atoms with E-state index in [0.717, 1.165) is 30.2 Å². The molecule has 0 saturated heterocycles. The normalized spacial score (nSPS) is 10.3. The van der Waals surface area contributed by atoms with Gasteiger partial charge in [0.2, 0.25) is 0 Å². The molecule has 1 heterocycles. The van der Waals surface area contributed by atoms with E-state index in [1.807, 2.05) is 45.9 Å². The van der Waals surface area contributed by atoms with Gasteiger partial charge in [-0.25, -0.2) is 4.98 Å². The number of hydrogen-bond donors (Lipinski definition) is 0. The lowest BCUT2D eigenvalue weighted by molar-refractivity contribution is 0.668. The van der Waals surface area contributed by atoms with E-state index in [-0.39, 0.29) is 0 Å². The highest BCUT2D eigenvalue weighted by molar-refractivity contribution is 5.59. The maximum atomic E-state index is 4.55. The molecule has 0 bridgehead atoms. The van der Waals surface area contributed by atoms with Gasteiger partial charge in [-0.3, -0.25) is 0 Å². The van der Waals surface area contributed by atoms with Crippen molar-refractivity contribution < 1.29 is 0 Å². The van der Waals surface area contributed by atoms with E-state index in [1.54, 1.807) is 0 Å². The lowest BCUT2D eigenvalue weighted by Crippen LogP contribution is -2.05. The first-order chi connectivity index (χ1) is 10.3. The van der Waals surface area contributed by atoms with Crippen LogP contribution >= 0.6 is 0 Å². The van der Waals surface area contributed by atoms with Gasteiger partial charge < -0.3 is 4.57 Å². The van der Waals surface area contributed by atoms with E-state index in [9.17, 15) is 0 Å². The van der Waals surface area contributed by atoms with Gasteiger partial charge in [0.25, 0.3) is 0 Å². The molecule has 2 heteroatoms. The second kappa shape index (κ2) is 8.96. The van der Waals surface area contributed by atoms with Crippen molar-refractivity contribution in [2.75, 3.05) is 0 Å². The third kappa shape index (κ3) is 4.45. The maximum absolute atomic E-state index is 4.55. The number of rotatable bonds is 5. The average Bonchev–Trinajstić information content (AvgIpc) is 2.84. The molecular formula is C19H26N2.